The van der Waals surface area contributed by atoms with Crippen molar-refractivity contribution >= 4 is 0 Å². The summed E-state index contributed by atoms with van der Waals surface area (Å²) < 4.78 is 5.51. The van der Waals surface area contributed by atoms with Crippen LogP contribution < -0.4 is 5.32 Å². The van der Waals surface area contributed by atoms with E-state index in [1.165, 1.54) is 0 Å². The first-order valence-electron chi connectivity index (χ1n) is 6.40. The van der Waals surface area contributed by atoms with Crippen LogP contribution >= 0.6 is 0 Å². The van der Waals surface area contributed by atoms with Gasteiger partial charge in [-0.15, -0.1) is 6.58 Å². The Bertz CT molecular complexity index is 369. The van der Waals surface area contributed by atoms with Gasteiger partial charge in [0.1, 0.15) is 0 Å². The molecule has 1 aromatic heterocycles. The first-order valence-corrected chi connectivity index (χ1v) is 6.40. The van der Waals surface area contributed by atoms with E-state index < -0.39 is 0 Å². The molecule has 0 aliphatic rings. The molecule has 1 aromatic rings. The van der Waals surface area contributed by atoms with Crippen LogP contribution in [0.5, 0.6) is 0 Å². The van der Waals surface area contributed by atoms with Crippen molar-refractivity contribution in [3.63, 3.8) is 0 Å². The average Bonchev–Trinajstić information content (AvgIpc) is 2.32. The average molecular weight is 248 g/mol. The van der Waals surface area contributed by atoms with Crippen LogP contribution in [-0.2, 0) is 17.9 Å². The lowest BCUT2D eigenvalue weighted by Gasteiger charge is -2.20. The molecule has 3 heteroatoms. The van der Waals surface area contributed by atoms with Crippen molar-refractivity contribution in [3.05, 3.63) is 42.2 Å². The van der Waals surface area contributed by atoms with Crippen molar-refractivity contribution in [1.82, 2.24) is 10.3 Å². The quantitative estimate of drug-likeness (QED) is 0.595. The highest BCUT2D eigenvalue weighted by molar-refractivity contribution is 5.10. The summed E-state index contributed by atoms with van der Waals surface area (Å²) in [4.78, 5) is 4.56. The Morgan fingerprint density at radius 1 is 1.33 bits per heavy atom. The van der Waals surface area contributed by atoms with Gasteiger partial charge in [0, 0.05) is 12.1 Å². The van der Waals surface area contributed by atoms with Gasteiger partial charge in [-0.25, -0.2) is 0 Å². The van der Waals surface area contributed by atoms with E-state index in [2.05, 4.69) is 37.7 Å². The van der Waals surface area contributed by atoms with E-state index in [0.717, 1.165) is 24.4 Å². The topological polar surface area (TPSA) is 34.1 Å². The Hall–Kier alpha value is -1.19. The normalized spacial score (nSPS) is 11.5. The number of rotatable bonds is 7. The minimum atomic E-state index is 0.109. The maximum atomic E-state index is 5.51. The highest BCUT2D eigenvalue weighted by Crippen LogP contribution is 2.05. The molecule has 1 heterocycles. The number of nitrogens with zero attached hydrogens (tertiary/aromatic N) is 1. The van der Waals surface area contributed by atoms with Crippen molar-refractivity contribution in [3.8, 4) is 0 Å². The van der Waals surface area contributed by atoms with Gasteiger partial charge in [0.05, 0.1) is 24.6 Å². The van der Waals surface area contributed by atoms with E-state index in [-0.39, 0.29) is 5.54 Å². The van der Waals surface area contributed by atoms with E-state index in [0.29, 0.717) is 13.2 Å². The first kappa shape index (κ1) is 14.9. The summed E-state index contributed by atoms with van der Waals surface area (Å²) in [6, 6.07) is 6.05. The van der Waals surface area contributed by atoms with Gasteiger partial charge in [0.2, 0.25) is 0 Å². The zero-order valence-electron chi connectivity index (χ0n) is 11.7. The van der Waals surface area contributed by atoms with Crippen molar-refractivity contribution in [2.75, 3.05) is 6.61 Å². The van der Waals surface area contributed by atoms with Gasteiger partial charge in [-0.1, -0.05) is 12.1 Å². The minimum Gasteiger partial charge on any atom is -0.375 e. The van der Waals surface area contributed by atoms with Crippen LogP contribution in [-0.4, -0.2) is 17.1 Å². The van der Waals surface area contributed by atoms with Crippen LogP contribution in [0.2, 0.25) is 0 Å². The molecule has 0 saturated carbocycles. The fourth-order valence-electron chi connectivity index (χ4n) is 1.41. The highest BCUT2D eigenvalue weighted by Gasteiger charge is 2.08. The van der Waals surface area contributed by atoms with Crippen LogP contribution in [0.3, 0.4) is 0 Å². The monoisotopic (exact) mass is 248 g/mol. The first-order chi connectivity index (χ1) is 8.51. The van der Waals surface area contributed by atoms with E-state index in [4.69, 9.17) is 4.74 Å². The number of hydrogen-bond acceptors (Lipinski definition) is 3. The molecule has 18 heavy (non-hydrogen) atoms. The number of nitrogens with one attached hydrogen (secondary N) is 1. The largest absolute Gasteiger partial charge is 0.375 e. The van der Waals surface area contributed by atoms with E-state index >= 15 is 0 Å². The smallest absolute Gasteiger partial charge is 0.0888 e. The van der Waals surface area contributed by atoms with Crippen LogP contribution in [0.1, 0.15) is 38.6 Å². The lowest BCUT2D eigenvalue weighted by molar-refractivity contribution is 0.122. The fraction of sp³-hybridized carbons (Fsp3) is 0.533. The molecular weight excluding hydrogens is 224 g/mol. The zero-order valence-corrected chi connectivity index (χ0v) is 11.7. The van der Waals surface area contributed by atoms with Crippen LogP contribution in [0, 0.1) is 0 Å². The number of pyridine rings is 1. The maximum absolute atomic E-state index is 5.51. The summed E-state index contributed by atoms with van der Waals surface area (Å²) in [5.41, 5.74) is 2.14. The summed E-state index contributed by atoms with van der Waals surface area (Å²) in [5.74, 6) is 0. The molecule has 0 aliphatic carbocycles. The molecular formula is C15H24N2O. The third-order valence-corrected chi connectivity index (χ3v) is 2.38. The van der Waals surface area contributed by atoms with Gasteiger partial charge in [-0.2, -0.15) is 0 Å². The van der Waals surface area contributed by atoms with Gasteiger partial charge in [0.15, 0.2) is 0 Å². The summed E-state index contributed by atoms with van der Waals surface area (Å²) in [7, 11) is 0. The zero-order chi connectivity index (χ0) is 13.4. The fourth-order valence-corrected chi connectivity index (χ4v) is 1.41. The lowest BCUT2D eigenvalue weighted by atomic mass is 10.1. The molecule has 1 rings (SSSR count). The van der Waals surface area contributed by atoms with Gasteiger partial charge in [-0.3, -0.25) is 4.98 Å². The molecule has 1 N–H and O–H groups in total. The van der Waals surface area contributed by atoms with E-state index in [1.807, 2.05) is 24.3 Å². The second-order valence-electron chi connectivity index (χ2n) is 5.35. The number of aromatic nitrogens is 1. The Morgan fingerprint density at radius 2 is 2.06 bits per heavy atom. The van der Waals surface area contributed by atoms with Crippen molar-refractivity contribution in [2.24, 2.45) is 0 Å². The Labute approximate surface area is 110 Å². The second kappa shape index (κ2) is 7.29. The molecule has 0 aliphatic heterocycles. The predicted molar refractivity (Wildman–Crippen MR) is 75.3 cm³/mol. The van der Waals surface area contributed by atoms with Gasteiger partial charge in [0.25, 0.3) is 0 Å². The molecule has 0 unspecified atom stereocenters. The van der Waals surface area contributed by atoms with Gasteiger partial charge >= 0.3 is 0 Å². The van der Waals surface area contributed by atoms with Crippen molar-refractivity contribution in [1.29, 1.82) is 0 Å². The summed E-state index contributed by atoms with van der Waals surface area (Å²) in [6.07, 6.45) is 2.74. The highest BCUT2D eigenvalue weighted by atomic mass is 16.5. The Morgan fingerprint density at radius 3 is 2.72 bits per heavy atom. The molecule has 0 aromatic carbocycles. The van der Waals surface area contributed by atoms with Crippen molar-refractivity contribution < 1.29 is 4.74 Å². The summed E-state index contributed by atoms with van der Waals surface area (Å²) >= 11 is 0. The van der Waals surface area contributed by atoms with Crippen LogP contribution in [0.25, 0.3) is 0 Å². The van der Waals surface area contributed by atoms with Crippen molar-refractivity contribution in [2.45, 2.75) is 45.9 Å². The molecule has 0 bridgehead atoms. The molecule has 0 fully saturated rings. The SMILES string of the molecule is C=CCCOCc1cccc(CNC(C)(C)C)n1. The standard InChI is InChI=1S/C15H24N2O/c1-5-6-10-18-12-14-9-7-8-13(17-14)11-16-15(2,3)4/h5,7-9,16H,1,6,10-12H2,2-4H3. The van der Waals surface area contributed by atoms with Crippen LogP contribution in [0.4, 0.5) is 0 Å². The van der Waals surface area contributed by atoms with Crippen LogP contribution in [0.15, 0.2) is 30.9 Å². The Kier molecular flexibility index (Phi) is 6.02. The maximum Gasteiger partial charge on any atom is 0.0888 e. The summed E-state index contributed by atoms with van der Waals surface area (Å²) in [5, 5.41) is 3.43. The third kappa shape index (κ3) is 6.52. The summed E-state index contributed by atoms with van der Waals surface area (Å²) in [6.45, 7) is 12.2. The molecule has 0 atom stereocenters. The lowest BCUT2D eigenvalue weighted by Crippen LogP contribution is -2.35. The van der Waals surface area contributed by atoms with Gasteiger partial charge in [-0.05, 0) is 39.3 Å². The Balaban J connectivity index is 2.43. The predicted octanol–water partition coefficient (Wildman–Crippen LogP) is 3.06. The van der Waals surface area contributed by atoms with E-state index in [9.17, 15) is 0 Å². The molecule has 0 radical (unpaired) electrons. The number of ether oxygens (including phenoxy) is 1. The molecule has 0 amide bonds. The minimum absolute atomic E-state index is 0.109. The third-order valence-electron chi connectivity index (χ3n) is 2.38. The molecule has 3 nitrogen and oxygen atoms in total. The van der Waals surface area contributed by atoms with Gasteiger partial charge < -0.3 is 10.1 Å². The molecule has 100 valence electrons. The molecule has 0 spiro atoms. The number of hydrogen-bond donors (Lipinski definition) is 1. The van der Waals surface area contributed by atoms with E-state index in [1.54, 1.807) is 0 Å². The second-order valence-corrected chi connectivity index (χ2v) is 5.35. The molecule has 0 saturated heterocycles.